The van der Waals surface area contributed by atoms with Crippen molar-refractivity contribution in [1.29, 1.82) is 5.26 Å². The highest BCUT2D eigenvalue weighted by Gasteiger charge is 2.50. The molecule has 0 saturated carbocycles. The highest BCUT2D eigenvalue weighted by molar-refractivity contribution is 7.12. The third-order valence-corrected chi connectivity index (χ3v) is 16.5. The molecule has 0 saturated heterocycles. The number of rotatable bonds is 13. The molecule has 0 heterocycles. The Morgan fingerprint density at radius 2 is 0.652 bits per heavy atom. The van der Waals surface area contributed by atoms with Crippen molar-refractivity contribution in [3.63, 3.8) is 0 Å². The van der Waals surface area contributed by atoms with Crippen molar-refractivity contribution < 1.29 is 8.69 Å². The van der Waals surface area contributed by atoms with E-state index in [1.165, 1.54) is 0 Å². The van der Waals surface area contributed by atoms with Gasteiger partial charge < -0.3 is 8.69 Å². The molecule has 0 radical (unpaired) electrons. The molecule has 6 heteroatoms. The summed E-state index contributed by atoms with van der Waals surface area (Å²) in [6.45, 7) is 0. The van der Waals surface area contributed by atoms with Crippen LogP contribution < -0.4 is 31.1 Å². The molecule has 0 spiro atoms. The average Bonchev–Trinajstić information content (AvgIpc) is 3.15. The molecular weight excluding hydrogens is 593 g/mol. The van der Waals surface area contributed by atoms with Gasteiger partial charge in [-0.2, -0.15) is 5.26 Å². The SMILES string of the molecule is N#CCCCB(O[Si](c1ccccc1)(c1ccccc1)c1ccccc1)O[Si](c1ccccc1)(c1ccccc1)c1ccccc1. The Hall–Kier alpha value is -4.77. The van der Waals surface area contributed by atoms with Crippen molar-refractivity contribution in [3.8, 4) is 6.07 Å². The van der Waals surface area contributed by atoms with Gasteiger partial charge >= 0.3 is 7.12 Å². The summed E-state index contributed by atoms with van der Waals surface area (Å²) >= 11 is 0. The molecule has 0 aliphatic carbocycles. The Morgan fingerprint density at radius 1 is 0.413 bits per heavy atom. The standard InChI is InChI=1S/C40H36BNO2Si2/c42-34-20-19-33-41(43-45(35-21-7-1-8-22-35,36-23-9-2-10-24-36)37-25-11-3-12-26-37)44-46(38-27-13-4-14-28-38,39-29-15-5-16-30-39)40-31-17-6-18-32-40/h1-18,21-32H,19-20,33H2. The van der Waals surface area contributed by atoms with E-state index >= 15 is 0 Å². The van der Waals surface area contributed by atoms with Gasteiger partial charge in [-0.25, -0.2) is 0 Å². The third kappa shape index (κ3) is 6.46. The van der Waals surface area contributed by atoms with E-state index in [1.54, 1.807) is 0 Å². The molecule has 0 amide bonds. The van der Waals surface area contributed by atoms with Crippen molar-refractivity contribution >= 4 is 54.9 Å². The van der Waals surface area contributed by atoms with Gasteiger partial charge in [-0.05, 0) is 43.9 Å². The number of nitriles is 1. The Labute approximate surface area is 275 Å². The maximum absolute atomic E-state index is 9.60. The molecule has 0 N–H and O–H groups in total. The maximum atomic E-state index is 9.60. The summed E-state index contributed by atoms with van der Waals surface area (Å²) in [4.78, 5) is 0. The van der Waals surface area contributed by atoms with E-state index in [2.05, 4.69) is 188 Å². The quantitative estimate of drug-likeness (QED) is 0.101. The van der Waals surface area contributed by atoms with E-state index in [4.69, 9.17) is 8.69 Å². The molecule has 0 fully saturated rings. The summed E-state index contributed by atoms with van der Waals surface area (Å²) in [5.74, 6) is 0. The van der Waals surface area contributed by atoms with E-state index in [-0.39, 0.29) is 0 Å². The van der Waals surface area contributed by atoms with Crippen LogP contribution in [0.2, 0.25) is 6.32 Å². The van der Waals surface area contributed by atoms with Gasteiger partial charge in [0.2, 0.25) is 0 Å². The van der Waals surface area contributed by atoms with Crippen molar-refractivity contribution in [2.24, 2.45) is 0 Å². The second kappa shape index (κ2) is 15.0. The summed E-state index contributed by atoms with van der Waals surface area (Å²) in [5, 5.41) is 16.5. The lowest BCUT2D eigenvalue weighted by Crippen LogP contribution is -2.75. The van der Waals surface area contributed by atoms with Crippen molar-refractivity contribution in [3.05, 3.63) is 182 Å². The Bertz CT molecular complexity index is 1500. The smallest absolute Gasteiger partial charge is 0.436 e. The first kappa shape index (κ1) is 31.2. The largest absolute Gasteiger partial charge is 0.444 e. The van der Waals surface area contributed by atoms with E-state index in [0.717, 1.165) is 31.1 Å². The van der Waals surface area contributed by atoms with Gasteiger partial charge in [0.15, 0.2) is 0 Å². The van der Waals surface area contributed by atoms with Crippen LogP contribution >= 0.6 is 0 Å². The first-order valence-corrected chi connectivity index (χ1v) is 19.6. The second-order valence-electron chi connectivity index (χ2n) is 11.3. The van der Waals surface area contributed by atoms with Gasteiger partial charge in [0.25, 0.3) is 16.6 Å². The van der Waals surface area contributed by atoms with E-state index < -0.39 is 23.8 Å². The molecule has 3 nitrogen and oxygen atoms in total. The highest BCUT2D eigenvalue weighted by Crippen LogP contribution is 2.20. The lowest BCUT2D eigenvalue weighted by molar-refractivity contribution is 0.431. The molecule has 6 aromatic carbocycles. The molecule has 0 aliphatic heterocycles. The minimum absolute atomic E-state index is 0.427. The normalized spacial score (nSPS) is 11.5. The fraction of sp³-hybridized carbons (Fsp3) is 0.0750. The van der Waals surface area contributed by atoms with Gasteiger partial charge in [-0.1, -0.05) is 182 Å². The first-order valence-electron chi connectivity index (χ1n) is 15.8. The zero-order valence-electron chi connectivity index (χ0n) is 25.8. The predicted molar refractivity (Wildman–Crippen MR) is 196 cm³/mol. The van der Waals surface area contributed by atoms with Crippen LogP contribution in [0.1, 0.15) is 12.8 Å². The van der Waals surface area contributed by atoms with Crippen LogP contribution in [0.4, 0.5) is 0 Å². The summed E-state index contributed by atoms with van der Waals surface area (Å²) in [5.41, 5.74) is 0. The zero-order chi connectivity index (χ0) is 31.5. The molecule has 0 atom stereocenters. The molecule has 0 bridgehead atoms. The summed E-state index contributed by atoms with van der Waals surface area (Å²) in [6, 6.07) is 66.0. The molecule has 6 aromatic rings. The monoisotopic (exact) mass is 629 g/mol. The summed E-state index contributed by atoms with van der Waals surface area (Å²) in [7, 11) is -6.87. The van der Waals surface area contributed by atoms with E-state index in [0.29, 0.717) is 19.2 Å². The summed E-state index contributed by atoms with van der Waals surface area (Å²) in [6.07, 6.45) is 1.67. The fourth-order valence-electron chi connectivity index (χ4n) is 6.33. The van der Waals surface area contributed by atoms with Gasteiger partial charge in [0.05, 0.1) is 6.07 Å². The van der Waals surface area contributed by atoms with Gasteiger partial charge in [-0.15, -0.1) is 0 Å². The second-order valence-corrected chi connectivity index (χ2v) is 17.9. The van der Waals surface area contributed by atoms with Crippen LogP contribution in [0.25, 0.3) is 0 Å². The van der Waals surface area contributed by atoms with Crippen molar-refractivity contribution in [2.75, 3.05) is 0 Å². The topological polar surface area (TPSA) is 42.2 Å². The highest BCUT2D eigenvalue weighted by atomic mass is 28.4. The molecule has 224 valence electrons. The van der Waals surface area contributed by atoms with Crippen LogP contribution in [0, 0.1) is 11.3 Å². The third-order valence-electron chi connectivity index (χ3n) is 8.43. The number of hydrogen-bond donors (Lipinski definition) is 0. The molecule has 0 unspecified atom stereocenters. The lowest BCUT2D eigenvalue weighted by atomic mass is 9.84. The summed E-state index contributed by atoms with van der Waals surface area (Å²) < 4.78 is 15.4. The Balaban J connectivity index is 1.59. The van der Waals surface area contributed by atoms with Crippen LogP contribution in [0.15, 0.2) is 182 Å². The predicted octanol–water partition coefficient (Wildman–Crippen LogP) is 5.15. The van der Waals surface area contributed by atoms with Crippen molar-refractivity contribution in [1.82, 2.24) is 0 Å². The van der Waals surface area contributed by atoms with Crippen LogP contribution in [0.5, 0.6) is 0 Å². The zero-order valence-corrected chi connectivity index (χ0v) is 27.8. The number of nitrogens with zero attached hydrogens (tertiary/aromatic N) is 1. The minimum Gasteiger partial charge on any atom is -0.444 e. The Morgan fingerprint density at radius 3 is 0.870 bits per heavy atom. The fourth-order valence-corrected chi connectivity index (χ4v) is 14.3. The molecule has 6 rings (SSSR count). The number of benzene rings is 6. The first-order chi connectivity index (χ1) is 22.8. The average molecular weight is 630 g/mol. The molecule has 0 aliphatic rings. The molecule has 46 heavy (non-hydrogen) atoms. The Kier molecular flexibility index (Phi) is 10.2. The van der Waals surface area contributed by atoms with Crippen molar-refractivity contribution in [2.45, 2.75) is 19.2 Å². The molecular formula is C40H36BNO2Si2. The van der Waals surface area contributed by atoms with E-state index in [9.17, 15) is 5.26 Å². The molecule has 0 aromatic heterocycles. The van der Waals surface area contributed by atoms with Crippen LogP contribution in [-0.2, 0) is 8.69 Å². The van der Waals surface area contributed by atoms with E-state index in [1.807, 2.05) is 0 Å². The lowest BCUT2D eigenvalue weighted by Gasteiger charge is -2.40. The minimum atomic E-state index is -3.14. The van der Waals surface area contributed by atoms with Gasteiger partial charge in [0.1, 0.15) is 0 Å². The number of hydrogen-bond acceptors (Lipinski definition) is 3. The van der Waals surface area contributed by atoms with Crippen LogP contribution in [-0.4, -0.2) is 23.8 Å². The van der Waals surface area contributed by atoms with Gasteiger partial charge in [-0.3, -0.25) is 0 Å². The number of unbranched alkanes of at least 4 members (excludes halogenated alkanes) is 1. The van der Waals surface area contributed by atoms with Crippen LogP contribution in [0.3, 0.4) is 0 Å². The van der Waals surface area contributed by atoms with Gasteiger partial charge in [0, 0.05) is 6.42 Å². The maximum Gasteiger partial charge on any atom is 0.436 e.